The number of carbonyl (C=O) groups is 1. The van der Waals surface area contributed by atoms with Crippen molar-refractivity contribution in [3.05, 3.63) is 53.3 Å². The number of benzene rings is 1. The number of carboxylic acids is 1. The van der Waals surface area contributed by atoms with E-state index in [1.807, 2.05) is 31.2 Å². The van der Waals surface area contributed by atoms with Crippen molar-refractivity contribution in [2.75, 3.05) is 0 Å². The molecule has 5 nitrogen and oxygen atoms in total. The molecule has 0 atom stereocenters. The van der Waals surface area contributed by atoms with Crippen LogP contribution in [0.4, 0.5) is 0 Å². The first-order chi connectivity index (χ1) is 9.58. The molecule has 0 aliphatic rings. The van der Waals surface area contributed by atoms with Crippen LogP contribution in [0.2, 0.25) is 0 Å². The lowest BCUT2D eigenvalue weighted by Crippen LogP contribution is -2.12. The van der Waals surface area contributed by atoms with Gasteiger partial charge in [-0.15, -0.1) is 0 Å². The predicted molar refractivity (Wildman–Crippen MR) is 75.3 cm³/mol. The monoisotopic (exact) mass is 267 g/mol. The SMILES string of the molecule is Cc1cc(C)c(C(=O)O)c(-n2ncc3ccccc32)n1. The van der Waals surface area contributed by atoms with Crippen LogP contribution in [-0.2, 0) is 0 Å². The third-order valence-corrected chi connectivity index (χ3v) is 3.22. The molecule has 0 saturated heterocycles. The summed E-state index contributed by atoms with van der Waals surface area (Å²) in [5.41, 5.74) is 2.47. The number of hydrogen-bond acceptors (Lipinski definition) is 3. The largest absolute Gasteiger partial charge is 0.478 e. The van der Waals surface area contributed by atoms with Crippen LogP contribution in [-0.4, -0.2) is 25.8 Å². The molecule has 0 unspecified atom stereocenters. The minimum Gasteiger partial charge on any atom is -0.478 e. The Hall–Kier alpha value is -2.69. The van der Waals surface area contributed by atoms with Crippen molar-refractivity contribution in [3.63, 3.8) is 0 Å². The summed E-state index contributed by atoms with van der Waals surface area (Å²) in [7, 11) is 0. The number of aryl methyl sites for hydroxylation is 2. The van der Waals surface area contributed by atoms with Gasteiger partial charge < -0.3 is 5.11 Å². The van der Waals surface area contributed by atoms with Crippen LogP contribution in [0, 0.1) is 13.8 Å². The molecule has 2 aromatic heterocycles. The van der Waals surface area contributed by atoms with Gasteiger partial charge in [-0.3, -0.25) is 0 Å². The summed E-state index contributed by atoms with van der Waals surface area (Å²) in [5.74, 6) is -0.638. The van der Waals surface area contributed by atoms with Gasteiger partial charge in [0.2, 0.25) is 0 Å². The zero-order valence-electron chi connectivity index (χ0n) is 11.2. The number of para-hydroxylation sites is 1. The Kier molecular flexibility index (Phi) is 2.75. The maximum Gasteiger partial charge on any atom is 0.339 e. The van der Waals surface area contributed by atoms with Gasteiger partial charge in [0.15, 0.2) is 5.82 Å². The Morgan fingerprint density at radius 2 is 2.00 bits per heavy atom. The Labute approximate surface area is 115 Å². The standard InChI is InChI=1S/C15H13N3O2/c1-9-7-10(2)17-14(13(9)15(19)20)18-12-6-4-3-5-11(12)8-16-18/h3-8H,1-2H3,(H,19,20). The number of hydrogen-bond donors (Lipinski definition) is 1. The molecule has 20 heavy (non-hydrogen) atoms. The molecule has 0 spiro atoms. The lowest BCUT2D eigenvalue weighted by atomic mass is 10.1. The summed E-state index contributed by atoms with van der Waals surface area (Å²) < 4.78 is 1.58. The van der Waals surface area contributed by atoms with E-state index in [9.17, 15) is 9.90 Å². The van der Waals surface area contributed by atoms with E-state index in [0.29, 0.717) is 11.4 Å². The smallest absolute Gasteiger partial charge is 0.339 e. The minimum atomic E-state index is -0.996. The van der Waals surface area contributed by atoms with Gasteiger partial charge in [0.25, 0.3) is 0 Å². The van der Waals surface area contributed by atoms with Crippen molar-refractivity contribution >= 4 is 16.9 Å². The Morgan fingerprint density at radius 1 is 1.25 bits per heavy atom. The fourth-order valence-corrected chi connectivity index (χ4v) is 2.38. The zero-order chi connectivity index (χ0) is 14.3. The fourth-order valence-electron chi connectivity index (χ4n) is 2.38. The van der Waals surface area contributed by atoms with Gasteiger partial charge in [0.1, 0.15) is 5.56 Å². The Morgan fingerprint density at radius 3 is 2.75 bits per heavy atom. The van der Waals surface area contributed by atoms with Crippen molar-refractivity contribution in [2.45, 2.75) is 13.8 Å². The molecule has 0 radical (unpaired) electrons. The van der Waals surface area contributed by atoms with Gasteiger partial charge in [-0.2, -0.15) is 5.10 Å². The molecule has 0 amide bonds. The maximum atomic E-state index is 11.5. The van der Waals surface area contributed by atoms with E-state index in [1.165, 1.54) is 0 Å². The first-order valence-corrected chi connectivity index (χ1v) is 6.22. The van der Waals surface area contributed by atoms with Gasteiger partial charge in [-0.1, -0.05) is 18.2 Å². The second-order valence-electron chi connectivity index (χ2n) is 4.70. The molecule has 0 bridgehead atoms. The van der Waals surface area contributed by atoms with E-state index in [4.69, 9.17) is 0 Å². The summed E-state index contributed by atoms with van der Waals surface area (Å²) in [6, 6.07) is 9.40. The Bertz CT molecular complexity index is 821. The van der Waals surface area contributed by atoms with Crippen molar-refractivity contribution in [1.82, 2.24) is 14.8 Å². The molecule has 100 valence electrons. The molecule has 2 heterocycles. The second kappa shape index (κ2) is 4.45. The highest BCUT2D eigenvalue weighted by Crippen LogP contribution is 2.22. The predicted octanol–water partition coefficient (Wildman–Crippen LogP) is 2.74. The van der Waals surface area contributed by atoms with Crippen LogP contribution in [0.3, 0.4) is 0 Å². The molecule has 5 heteroatoms. The lowest BCUT2D eigenvalue weighted by molar-refractivity contribution is 0.0695. The summed E-state index contributed by atoms with van der Waals surface area (Å²) in [6.07, 6.45) is 1.71. The fraction of sp³-hybridized carbons (Fsp3) is 0.133. The number of fused-ring (bicyclic) bond motifs is 1. The van der Waals surface area contributed by atoms with Gasteiger partial charge in [-0.25, -0.2) is 14.5 Å². The van der Waals surface area contributed by atoms with Gasteiger partial charge in [0.05, 0.1) is 11.7 Å². The number of carboxylic acid groups (broad SMARTS) is 1. The first kappa shape index (κ1) is 12.3. The van der Waals surface area contributed by atoms with Gasteiger partial charge in [-0.05, 0) is 31.5 Å². The average molecular weight is 267 g/mol. The third-order valence-electron chi connectivity index (χ3n) is 3.22. The Balaban J connectivity index is 2.37. The van der Waals surface area contributed by atoms with Crippen molar-refractivity contribution < 1.29 is 9.90 Å². The van der Waals surface area contributed by atoms with Crippen molar-refractivity contribution in [1.29, 1.82) is 0 Å². The summed E-state index contributed by atoms with van der Waals surface area (Å²) in [4.78, 5) is 15.9. The van der Waals surface area contributed by atoms with Gasteiger partial charge >= 0.3 is 5.97 Å². The van der Waals surface area contributed by atoms with E-state index in [1.54, 1.807) is 23.9 Å². The highest BCUT2D eigenvalue weighted by molar-refractivity contribution is 5.94. The molecule has 3 rings (SSSR count). The van der Waals surface area contributed by atoms with E-state index >= 15 is 0 Å². The second-order valence-corrected chi connectivity index (χ2v) is 4.70. The highest BCUT2D eigenvalue weighted by atomic mass is 16.4. The highest BCUT2D eigenvalue weighted by Gasteiger charge is 2.19. The normalized spacial score (nSPS) is 10.9. The van der Waals surface area contributed by atoms with E-state index in [-0.39, 0.29) is 5.56 Å². The van der Waals surface area contributed by atoms with Crippen LogP contribution in [0.5, 0.6) is 0 Å². The number of aromatic nitrogens is 3. The molecule has 0 fully saturated rings. The molecule has 0 aliphatic heterocycles. The number of rotatable bonds is 2. The number of pyridine rings is 1. The third kappa shape index (κ3) is 1.84. The van der Waals surface area contributed by atoms with Crippen LogP contribution >= 0.6 is 0 Å². The molecule has 1 N–H and O–H groups in total. The average Bonchev–Trinajstić information content (AvgIpc) is 2.80. The zero-order valence-corrected chi connectivity index (χ0v) is 11.2. The molecule has 0 saturated carbocycles. The molecule has 1 aromatic carbocycles. The molecular formula is C15H13N3O2. The molecule has 3 aromatic rings. The van der Waals surface area contributed by atoms with Gasteiger partial charge in [0, 0.05) is 11.1 Å². The maximum absolute atomic E-state index is 11.5. The summed E-state index contributed by atoms with van der Waals surface area (Å²) in [5, 5.41) is 14.7. The minimum absolute atomic E-state index is 0.185. The quantitative estimate of drug-likeness (QED) is 0.775. The number of nitrogens with zero attached hydrogens (tertiary/aromatic N) is 3. The molecular weight excluding hydrogens is 254 g/mol. The van der Waals surface area contributed by atoms with Crippen molar-refractivity contribution in [2.24, 2.45) is 0 Å². The van der Waals surface area contributed by atoms with Crippen molar-refractivity contribution in [3.8, 4) is 5.82 Å². The first-order valence-electron chi connectivity index (χ1n) is 6.22. The van der Waals surface area contributed by atoms with Crippen LogP contribution in [0.1, 0.15) is 21.6 Å². The lowest BCUT2D eigenvalue weighted by Gasteiger charge is -2.10. The van der Waals surface area contributed by atoms with Crippen LogP contribution in [0.15, 0.2) is 36.5 Å². The number of aromatic carboxylic acids is 1. The van der Waals surface area contributed by atoms with Crippen LogP contribution < -0.4 is 0 Å². The molecule has 0 aliphatic carbocycles. The topological polar surface area (TPSA) is 68.0 Å². The summed E-state index contributed by atoms with van der Waals surface area (Å²) in [6.45, 7) is 3.61. The summed E-state index contributed by atoms with van der Waals surface area (Å²) >= 11 is 0. The van der Waals surface area contributed by atoms with E-state index in [2.05, 4.69) is 10.1 Å². The van der Waals surface area contributed by atoms with E-state index < -0.39 is 5.97 Å². The van der Waals surface area contributed by atoms with Crippen LogP contribution in [0.25, 0.3) is 16.7 Å². The van der Waals surface area contributed by atoms with E-state index in [0.717, 1.165) is 16.6 Å².